The van der Waals surface area contributed by atoms with Gasteiger partial charge in [0.25, 0.3) is 5.91 Å². The van der Waals surface area contributed by atoms with Gasteiger partial charge in [-0.3, -0.25) is 9.69 Å². The predicted octanol–water partition coefficient (Wildman–Crippen LogP) is 3.51. The van der Waals surface area contributed by atoms with Crippen LogP contribution in [-0.2, 0) is 11.3 Å². The van der Waals surface area contributed by atoms with Gasteiger partial charge in [-0.1, -0.05) is 30.3 Å². The molecule has 1 fully saturated rings. The summed E-state index contributed by atoms with van der Waals surface area (Å²) in [5.74, 6) is 0.0836. The van der Waals surface area contributed by atoms with E-state index in [4.69, 9.17) is 4.74 Å². The first kappa shape index (κ1) is 21.3. The fourth-order valence-electron chi connectivity index (χ4n) is 3.67. The number of carbonyl (C=O) groups excluding carboxylic acids is 1. The van der Waals surface area contributed by atoms with E-state index in [1.807, 2.05) is 47.4 Å². The van der Waals surface area contributed by atoms with E-state index in [0.717, 1.165) is 56.2 Å². The van der Waals surface area contributed by atoms with Crippen molar-refractivity contribution in [1.82, 2.24) is 9.80 Å². The number of hydrogen-bond acceptors (Lipinski definition) is 4. The highest BCUT2D eigenvalue weighted by Crippen LogP contribution is 2.18. The van der Waals surface area contributed by atoms with E-state index in [1.165, 1.54) is 0 Å². The van der Waals surface area contributed by atoms with Gasteiger partial charge in [-0.2, -0.15) is 0 Å². The Balaban J connectivity index is 1.78. The van der Waals surface area contributed by atoms with Crippen molar-refractivity contribution in [3.63, 3.8) is 0 Å². The van der Waals surface area contributed by atoms with E-state index in [-0.39, 0.29) is 11.9 Å². The zero-order chi connectivity index (χ0) is 20.6. The van der Waals surface area contributed by atoms with Crippen molar-refractivity contribution in [3.8, 4) is 0 Å². The molecule has 0 aliphatic carbocycles. The lowest BCUT2D eigenvalue weighted by atomic mass is 10.1. The van der Waals surface area contributed by atoms with Crippen LogP contribution in [0.2, 0.25) is 0 Å². The molecule has 0 bridgehead atoms. The van der Waals surface area contributed by atoms with Crippen molar-refractivity contribution < 1.29 is 9.53 Å². The molecule has 0 aromatic heterocycles. The summed E-state index contributed by atoms with van der Waals surface area (Å²) in [5.41, 5.74) is 3.01. The summed E-state index contributed by atoms with van der Waals surface area (Å²) in [7, 11) is 2.06. The van der Waals surface area contributed by atoms with Gasteiger partial charge in [0, 0.05) is 57.1 Å². The maximum Gasteiger partial charge on any atom is 0.254 e. The molecule has 5 heteroatoms. The monoisotopic (exact) mass is 395 g/mol. The van der Waals surface area contributed by atoms with Gasteiger partial charge in [0.05, 0.1) is 13.2 Å². The van der Waals surface area contributed by atoms with Gasteiger partial charge >= 0.3 is 0 Å². The second kappa shape index (κ2) is 10.4. The highest BCUT2D eigenvalue weighted by Gasteiger charge is 2.24. The quantitative estimate of drug-likeness (QED) is 0.685. The van der Waals surface area contributed by atoms with E-state index in [9.17, 15) is 4.79 Å². The van der Waals surface area contributed by atoms with Crippen molar-refractivity contribution in [2.24, 2.45) is 0 Å². The molecule has 2 aromatic rings. The molecule has 1 atom stereocenters. The maximum absolute atomic E-state index is 13.5. The number of amides is 1. The lowest BCUT2D eigenvalue weighted by Crippen LogP contribution is -2.48. The minimum atomic E-state index is 0.0836. The van der Waals surface area contributed by atoms with Gasteiger partial charge in [-0.05, 0) is 43.7 Å². The standard InChI is InChI=1S/C24H33N3O2/c1-4-25(3)23-12-10-22(11-13-23)24(28)27(19-21-8-6-5-7-9-21)20(2)18-26-14-16-29-17-15-26/h5-13,20H,4,14-19H2,1-3H3. The summed E-state index contributed by atoms with van der Waals surface area (Å²) in [6.07, 6.45) is 0. The number of nitrogens with zero attached hydrogens (tertiary/aromatic N) is 3. The summed E-state index contributed by atoms with van der Waals surface area (Å²) in [6, 6.07) is 18.3. The summed E-state index contributed by atoms with van der Waals surface area (Å²) >= 11 is 0. The van der Waals surface area contributed by atoms with Crippen molar-refractivity contribution in [2.45, 2.75) is 26.4 Å². The maximum atomic E-state index is 13.5. The Morgan fingerprint density at radius 2 is 1.72 bits per heavy atom. The lowest BCUT2D eigenvalue weighted by molar-refractivity contribution is 0.0228. The number of morpholine rings is 1. The third-order valence-electron chi connectivity index (χ3n) is 5.64. The fourth-order valence-corrected chi connectivity index (χ4v) is 3.67. The molecule has 0 radical (unpaired) electrons. The van der Waals surface area contributed by atoms with Crippen molar-refractivity contribution in [1.29, 1.82) is 0 Å². The predicted molar refractivity (Wildman–Crippen MR) is 118 cm³/mol. The first-order valence-electron chi connectivity index (χ1n) is 10.5. The Kier molecular flexibility index (Phi) is 7.67. The number of ether oxygens (including phenoxy) is 1. The van der Waals surface area contributed by atoms with Crippen LogP contribution in [0.3, 0.4) is 0 Å². The van der Waals surface area contributed by atoms with Crippen LogP contribution in [0.5, 0.6) is 0 Å². The average molecular weight is 396 g/mol. The van der Waals surface area contributed by atoms with Gasteiger partial charge in [-0.25, -0.2) is 0 Å². The lowest BCUT2D eigenvalue weighted by Gasteiger charge is -2.35. The van der Waals surface area contributed by atoms with Crippen molar-refractivity contribution >= 4 is 11.6 Å². The molecule has 1 aliphatic heterocycles. The summed E-state index contributed by atoms with van der Waals surface area (Å²) in [6.45, 7) is 10.1. The normalized spacial score (nSPS) is 15.7. The first-order chi connectivity index (χ1) is 14.1. The van der Waals surface area contributed by atoms with E-state index >= 15 is 0 Å². The Bertz CT molecular complexity index is 757. The molecule has 1 aliphatic rings. The van der Waals surface area contributed by atoms with Crippen molar-refractivity contribution in [2.75, 3.05) is 51.3 Å². The second-order valence-corrected chi connectivity index (χ2v) is 7.74. The first-order valence-corrected chi connectivity index (χ1v) is 10.5. The molecule has 5 nitrogen and oxygen atoms in total. The van der Waals surface area contributed by atoms with E-state index in [0.29, 0.717) is 6.54 Å². The topological polar surface area (TPSA) is 36.0 Å². The number of rotatable bonds is 8. The van der Waals surface area contributed by atoms with E-state index in [1.54, 1.807) is 0 Å². The minimum absolute atomic E-state index is 0.0836. The zero-order valence-electron chi connectivity index (χ0n) is 17.9. The summed E-state index contributed by atoms with van der Waals surface area (Å²) in [4.78, 5) is 20.0. The fraction of sp³-hybridized carbons (Fsp3) is 0.458. The van der Waals surface area contributed by atoms with Crippen LogP contribution in [0.15, 0.2) is 54.6 Å². The van der Waals surface area contributed by atoms with Crippen LogP contribution in [0, 0.1) is 0 Å². The molecular formula is C24H33N3O2. The number of hydrogen-bond donors (Lipinski definition) is 0. The smallest absolute Gasteiger partial charge is 0.254 e. The van der Waals surface area contributed by atoms with Crippen LogP contribution >= 0.6 is 0 Å². The van der Waals surface area contributed by atoms with Crippen LogP contribution in [0.4, 0.5) is 5.69 Å². The Hall–Kier alpha value is -2.37. The molecule has 0 N–H and O–H groups in total. The van der Waals surface area contributed by atoms with Crippen molar-refractivity contribution in [3.05, 3.63) is 65.7 Å². The Labute approximate surface area is 174 Å². The number of carbonyl (C=O) groups is 1. The summed E-state index contributed by atoms with van der Waals surface area (Å²) < 4.78 is 5.47. The third-order valence-corrected chi connectivity index (χ3v) is 5.64. The van der Waals surface area contributed by atoms with Gasteiger partial charge in [0.15, 0.2) is 0 Å². The number of benzene rings is 2. The highest BCUT2D eigenvalue weighted by atomic mass is 16.5. The van der Waals surface area contributed by atoms with Gasteiger partial charge in [0.2, 0.25) is 0 Å². The van der Waals surface area contributed by atoms with Gasteiger partial charge < -0.3 is 14.5 Å². The van der Waals surface area contributed by atoms with Crippen LogP contribution in [0.1, 0.15) is 29.8 Å². The van der Waals surface area contributed by atoms with Gasteiger partial charge in [0.1, 0.15) is 0 Å². The molecule has 1 amide bonds. The minimum Gasteiger partial charge on any atom is -0.379 e. The zero-order valence-corrected chi connectivity index (χ0v) is 17.9. The van der Waals surface area contributed by atoms with Crippen LogP contribution in [0.25, 0.3) is 0 Å². The Morgan fingerprint density at radius 1 is 1.07 bits per heavy atom. The average Bonchev–Trinajstić information content (AvgIpc) is 2.78. The van der Waals surface area contributed by atoms with Gasteiger partial charge in [-0.15, -0.1) is 0 Å². The molecule has 1 unspecified atom stereocenters. The van der Waals surface area contributed by atoms with E-state index in [2.05, 4.69) is 42.8 Å². The highest BCUT2D eigenvalue weighted by molar-refractivity contribution is 5.94. The molecule has 0 saturated carbocycles. The summed E-state index contributed by atoms with van der Waals surface area (Å²) in [5, 5.41) is 0. The third kappa shape index (κ3) is 5.81. The molecule has 2 aromatic carbocycles. The molecule has 3 rings (SSSR count). The SMILES string of the molecule is CCN(C)c1ccc(C(=O)N(Cc2ccccc2)C(C)CN2CCOCC2)cc1. The molecule has 156 valence electrons. The Morgan fingerprint density at radius 3 is 2.34 bits per heavy atom. The molecule has 1 heterocycles. The largest absolute Gasteiger partial charge is 0.379 e. The molecule has 1 saturated heterocycles. The second-order valence-electron chi connectivity index (χ2n) is 7.74. The molecular weight excluding hydrogens is 362 g/mol. The number of anilines is 1. The molecule has 0 spiro atoms. The van der Waals surface area contributed by atoms with Crippen LogP contribution < -0.4 is 4.90 Å². The van der Waals surface area contributed by atoms with Crippen LogP contribution in [-0.4, -0.2) is 68.2 Å². The van der Waals surface area contributed by atoms with E-state index < -0.39 is 0 Å². The molecule has 29 heavy (non-hydrogen) atoms.